The molecule has 0 saturated carbocycles. The molecule has 1 aliphatic heterocycles. The molecule has 1 heterocycles. The Hall–Kier alpha value is -3.11. The van der Waals surface area contributed by atoms with Crippen molar-refractivity contribution in [2.45, 2.75) is 38.7 Å². The van der Waals surface area contributed by atoms with Crippen LogP contribution in [0.4, 0.5) is 14.9 Å². The van der Waals surface area contributed by atoms with Crippen molar-refractivity contribution < 1.29 is 33.0 Å². The highest BCUT2D eigenvalue weighted by atomic mass is 32.2. The second kappa shape index (κ2) is 12.4. The molecule has 0 aliphatic carbocycles. The van der Waals surface area contributed by atoms with Crippen molar-refractivity contribution >= 4 is 35.4 Å². The van der Waals surface area contributed by atoms with Crippen molar-refractivity contribution in [2.75, 3.05) is 44.1 Å². The van der Waals surface area contributed by atoms with Gasteiger partial charge in [-0.2, -0.15) is 0 Å². The van der Waals surface area contributed by atoms with Gasteiger partial charge in [0, 0.05) is 19.3 Å². The van der Waals surface area contributed by atoms with Gasteiger partial charge in [0.05, 0.1) is 24.5 Å². The number of esters is 1. The lowest BCUT2D eigenvalue weighted by Gasteiger charge is -2.26. The number of likely N-dealkylation sites (N-methyl/N-ethyl adjacent to an activating group) is 1. The van der Waals surface area contributed by atoms with Gasteiger partial charge in [-0.1, -0.05) is 12.1 Å². The SMILES string of the molecule is Cc1cc(C(=O)OCCOCCN(C)C(=O)OC(C)(C)C)ccc1N1C(=O)CSC1c1ccc(F)cc1. The standard InChI is InChI=1S/C27H33FN2O6S/c1-18-16-20(25(32)35-15-14-34-13-12-29(5)26(33)36-27(2,3)4)8-11-22(18)30-23(31)17-37-24(30)19-6-9-21(28)10-7-19/h6-11,16,24H,12-15,17H2,1-5H3. The van der Waals surface area contributed by atoms with Crippen LogP contribution in [0.5, 0.6) is 0 Å². The van der Waals surface area contributed by atoms with Gasteiger partial charge in [0.25, 0.3) is 0 Å². The first-order chi connectivity index (χ1) is 17.5. The largest absolute Gasteiger partial charge is 0.460 e. The molecular weight excluding hydrogens is 499 g/mol. The highest BCUT2D eigenvalue weighted by molar-refractivity contribution is 8.00. The second-order valence-electron chi connectivity index (χ2n) is 9.63. The van der Waals surface area contributed by atoms with Crippen LogP contribution in [-0.2, 0) is 19.0 Å². The first kappa shape index (κ1) is 28.5. The molecule has 0 spiro atoms. The number of carbonyl (C=O) groups is 3. The maximum absolute atomic E-state index is 13.4. The summed E-state index contributed by atoms with van der Waals surface area (Å²) in [6, 6.07) is 11.2. The third-order valence-electron chi connectivity index (χ3n) is 5.45. The van der Waals surface area contributed by atoms with E-state index in [9.17, 15) is 18.8 Å². The van der Waals surface area contributed by atoms with Gasteiger partial charge < -0.3 is 19.1 Å². The number of ether oxygens (including phenoxy) is 3. The molecule has 1 saturated heterocycles. The Morgan fingerprint density at radius 2 is 1.81 bits per heavy atom. The Morgan fingerprint density at radius 1 is 1.11 bits per heavy atom. The molecule has 1 atom stereocenters. The number of hydrogen-bond acceptors (Lipinski definition) is 7. The molecule has 2 amide bonds. The van der Waals surface area contributed by atoms with Crippen LogP contribution in [-0.4, -0.2) is 67.6 Å². The number of amides is 2. The van der Waals surface area contributed by atoms with E-state index in [-0.39, 0.29) is 36.9 Å². The monoisotopic (exact) mass is 532 g/mol. The van der Waals surface area contributed by atoms with E-state index in [0.717, 1.165) is 11.1 Å². The first-order valence-corrected chi connectivity index (χ1v) is 13.0. The minimum atomic E-state index is -0.565. The number of aryl methyl sites for hydroxylation is 1. The summed E-state index contributed by atoms with van der Waals surface area (Å²) in [5.74, 6) is -0.561. The van der Waals surface area contributed by atoms with Gasteiger partial charge in [0.2, 0.25) is 5.91 Å². The molecule has 0 N–H and O–H groups in total. The van der Waals surface area contributed by atoms with Gasteiger partial charge >= 0.3 is 12.1 Å². The molecular formula is C27H33FN2O6S. The number of anilines is 1. The lowest BCUT2D eigenvalue weighted by Crippen LogP contribution is -2.36. The number of thioether (sulfide) groups is 1. The quantitative estimate of drug-likeness (QED) is 0.334. The number of rotatable bonds is 9. The first-order valence-electron chi connectivity index (χ1n) is 11.9. The fraction of sp³-hybridized carbons (Fsp3) is 0.444. The van der Waals surface area contributed by atoms with E-state index in [1.807, 2.05) is 6.92 Å². The second-order valence-corrected chi connectivity index (χ2v) is 10.7. The van der Waals surface area contributed by atoms with E-state index in [2.05, 4.69) is 0 Å². The van der Waals surface area contributed by atoms with Crippen LogP contribution in [0, 0.1) is 12.7 Å². The number of halogens is 1. The van der Waals surface area contributed by atoms with Crippen LogP contribution in [0.25, 0.3) is 0 Å². The van der Waals surface area contributed by atoms with Gasteiger partial charge in [0.15, 0.2) is 0 Å². The van der Waals surface area contributed by atoms with E-state index >= 15 is 0 Å². The van der Waals surface area contributed by atoms with Crippen molar-refractivity contribution in [1.29, 1.82) is 0 Å². The lowest BCUT2D eigenvalue weighted by atomic mass is 10.1. The molecule has 200 valence electrons. The average molecular weight is 533 g/mol. The van der Waals surface area contributed by atoms with Crippen LogP contribution in [0.15, 0.2) is 42.5 Å². The van der Waals surface area contributed by atoms with Crippen LogP contribution < -0.4 is 4.90 Å². The Bertz CT molecular complexity index is 1120. The van der Waals surface area contributed by atoms with Gasteiger partial charge in [0.1, 0.15) is 23.4 Å². The molecule has 10 heteroatoms. The molecule has 8 nitrogen and oxygen atoms in total. The Balaban J connectivity index is 1.49. The summed E-state index contributed by atoms with van der Waals surface area (Å²) in [5, 5.41) is -0.267. The molecule has 1 unspecified atom stereocenters. The van der Waals surface area contributed by atoms with Crippen LogP contribution in [0.1, 0.15) is 47.6 Å². The predicted molar refractivity (Wildman–Crippen MR) is 140 cm³/mol. The van der Waals surface area contributed by atoms with Crippen molar-refractivity contribution in [3.63, 3.8) is 0 Å². The van der Waals surface area contributed by atoms with Crippen LogP contribution in [0.2, 0.25) is 0 Å². The van der Waals surface area contributed by atoms with E-state index < -0.39 is 17.7 Å². The van der Waals surface area contributed by atoms with Gasteiger partial charge in [-0.15, -0.1) is 11.8 Å². The van der Waals surface area contributed by atoms with Crippen molar-refractivity contribution in [3.8, 4) is 0 Å². The van der Waals surface area contributed by atoms with E-state index in [0.29, 0.717) is 23.5 Å². The number of nitrogens with zero attached hydrogens (tertiary/aromatic N) is 2. The highest BCUT2D eigenvalue weighted by Crippen LogP contribution is 2.42. The summed E-state index contributed by atoms with van der Waals surface area (Å²) in [6.45, 7) is 8.09. The van der Waals surface area contributed by atoms with Gasteiger partial charge in [-0.25, -0.2) is 14.0 Å². The Labute approximate surface area is 221 Å². The maximum atomic E-state index is 13.4. The molecule has 0 bridgehead atoms. The Kier molecular flexibility index (Phi) is 9.56. The van der Waals surface area contributed by atoms with Gasteiger partial charge in [-0.05, 0) is 69.2 Å². The molecule has 0 aromatic heterocycles. The zero-order valence-electron chi connectivity index (χ0n) is 21.8. The van der Waals surface area contributed by atoms with Crippen LogP contribution >= 0.6 is 11.8 Å². The van der Waals surface area contributed by atoms with Gasteiger partial charge in [-0.3, -0.25) is 9.69 Å². The van der Waals surface area contributed by atoms with Crippen LogP contribution in [0.3, 0.4) is 0 Å². The molecule has 0 radical (unpaired) electrons. The van der Waals surface area contributed by atoms with E-state index in [1.54, 1.807) is 63.1 Å². The van der Waals surface area contributed by atoms with E-state index in [4.69, 9.17) is 14.2 Å². The third kappa shape index (κ3) is 7.93. The molecule has 1 fully saturated rings. The average Bonchev–Trinajstić information content (AvgIpc) is 3.21. The summed E-state index contributed by atoms with van der Waals surface area (Å²) in [4.78, 5) is 40.2. The zero-order chi connectivity index (χ0) is 27.2. The Morgan fingerprint density at radius 3 is 2.46 bits per heavy atom. The fourth-order valence-corrected chi connectivity index (χ4v) is 4.79. The summed E-state index contributed by atoms with van der Waals surface area (Å²) >= 11 is 1.47. The highest BCUT2D eigenvalue weighted by Gasteiger charge is 2.35. The predicted octanol–water partition coefficient (Wildman–Crippen LogP) is 4.95. The molecule has 3 rings (SSSR count). The summed E-state index contributed by atoms with van der Waals surface area (Å²) in [6.07, 6.45) is -0.431. The maximum Gasteiger partial charge on any atom is 0.410 e. The third-order valence-corrected chi connectivity index (χ3v) is 6.66. The van der Waals surface area contributed by atoms with Crippen molar-refractivity contribution in [1.82, 2.24) is 4.90 Å². The fourth-order valence-electron chi connectivity index (χ4n) is 3.62. The minimum absolute atomic E-state index is 0.0489. The summed E-state index contributed by atoms with van der Waals surface area (Å²) in [5.41, 5.74) is 2.07. The minimum Gasteiger partial charge on any atom is -0.460 e. The number of benzene rings is 2. The molecule has 2 aromatic rings. The summed E-state index contributed by atoms with van der Waals surface area (Å²) < 4.78 is 29.4. The molecule has 37 heavy (non-hydrogen) atoms. The lowest BCUT2D eigenvalue weighted by molar-refractivity contribution is -0.115. The van der Waals surface area contributed by atoms with E-state index in [1.165, 1.54) is 28.8 Å². The number of carbonyl (C=O) groups excluding carboxylic acids is 3. The number of hydrogen-bond donors (Lipinski definition) is 0. The summed E-state index contributed by atoms with van der Waals surface area (Å²) in [7, 11) is 1.62. The topological polar surface area (TPSA) is 85.4 Å². The zero-order valence-corrected chi connectivity index (χ0v) is 22.6. The molecule has 2 aromatic carbocycles. The molecule has 1 aliphatic rings. The smallest absolute Gasteiger partial charge is 0.410 e. The van der Waals surface area contributed by atoms with Crippen molar-refractivity contribution in [2.24, 2.45) is 0 Å². The van der Waals surface area contributed by atoms with Crippen molar-refractivity contribution in [3.05, 3.63) is 65.0 Å². The normalized spacial score (nSPS) is 15.6.